The van der Waals surface area contributed by atoms with Gasteiger partial charge in [0.2, 0.25) is 0 Å². The first kappa shape index (κ1) is 9.14. The zero-order chi connectivity index (χ0) is 8.59. The molecule has 1 aromatic carbocycles. The summed E-state index contributed by atoms with van der Waals surface area (Å²) >= 11 is 7.91. The Kier molecular flexibility index (Phi) is 2.66. The average molecular weight is 231 g/mol. The molecule has 11 heavy (non-hydrogen) atoms. The number of halogens is 1. The van der Waals surface area contributed by atoms with E-state index in [1.54, 1.807) is 0 Å². The number of thiol groups is 1. The molecule has 0 heterocycles. The minimum absolute atomic E-state index is 1.09. The van der Waals surface area contributed by atoms with E-state index in [9.17, 15) is 0 Å². The van der Waals surface area contributed by atoms with E-state index < -0.39 is 0 Å². The molecule has 1 rings (SSSR count). The minimum atomic E-state index is 1.09. The predicted molar refractivity (Wildman–Crippen MR) is 55.6 cm³/mol. The second-order valence-electron chi connectivity index (χ2n) is 2.80. The largest absolute Gasteiger partial charge is 0.143 e. The van der Waals surface area contributed by atoms with E-state index in [1.165, 1.54) is 21.2 Å². The Morgan fingerprint density at radius 3 is 2.27 bits per heavy atom. The molecule has 0 aromatic heterocycles. The van der Waals surface area contributed by atoms with Gasteiger partial charge in [-0.2, -0.15) is 0 Å². The lowest BCUT2D eigenvalue weighted by molar-refractivity contribution is 1.17. The normalized spacial score (nSPS) is 10.3. The molecule has 0 bridgehead atoms. The summed E-state index contributed by atoms with van der Waals surface area (Å²) in [7, 11) is 0. The summed E-state index contributed by atoms with van der Waals surface area (Å²) in [5, 5.41) is 0. The van der Waals surface area contributed by atoms with Crippen molar-refractivity contribution in [1.29, 1.82) is 0 Å². The van der Waals surface area contributed by atoms with Crippen molar-refractivity contribution >= 4 is 28.6 Å². The fourth-order valence-electron chi connectivity index (χ4n) is 1.15. The van der Waals surface area contributed by atoms with Crippen LogP contribution in [0.1, 0.15) is 16.7 Å². The van der Waals surface area contributed by atoms with Crippen molar-refractivity contribution in [2.24, 2.45) is 0 Å². The predicted octanol–water partition coefficient (Wildman–Crippen LogP) is 3.66. The smallest absolute Gasteiger partial charge is 0.0244 e. The van der Waals surface area contributed by atoms with Gasteiger partial charge in [0.15, 0.2) is 0 Å². The van der Waals surface area contributed by atoms with Gasteiger partial charge in [0.1, 0.15) is 0 Å². The number of hydrogen-bond acceptors (Lipinski definition) is 1. The fourth-order valence-corrected chi connectivity index (χ4v) is 1.79. The van der Waals surface area contributed by atoms with E-state index in [2.05, 4.69) is 55.4 Å². The third-order valence-corrected chi connectivity index (χ3v) is 3.75. The minimum Gasteiger partial charge on any atom is -0.143 e. The van der Waals surface area contributed by atoms with Gasteiger partial charge in [0.05, 0.1) is 0 Å². The van der Waals surface area contributed by atoms with Crippen LogP contribution in [-0.2, 0) is 0 Å². The van der Waals surface area contributed by atoms with Crippen molar-refractivity contribution in [1.82, 2.24) is 0 Å². The van der Waals surface area contributed by atoms with Crippen LogP contribution >= 0.6 is 28.6 Å². The van der Waals surface area contributed by atoms with Crippen molar-refractivity contribution in [3.05, 3.63) is 27.2 Å². The van der Waals surface area contributed by atoms with Crippen LogP contribution in [0.5, 0.6) is 0 Å². The lowest BCUT2D eigenvalue weighted by Crippen LogP contribution is -1.87. The highest BCUT2D eigenvalue weighted by atomic mass is 79.9. The number of aryl methyl sites for hydroxylation is 2. The van der Waals surface area contributed by atoms with Crippen molar-refractivity contribution in [2.45, 2.75) is 25.7 Å². The molecule has 0 amide bonds. The maximum absolute atomic E-state index is 4.40. The Balaban J connectivity index is 3.46. The Morgan fingerprint density at radius 1 is 1.18 bits per heavy atom. The Bertz CT molecular complexity index is 266. The molecule has 0 unspecified atom stereocenters. The van der Waals surface area contributed by atoms with Crippen LogP contribution in [0.25, 0.3) is 0 Å². The second kappa shape index (κ2) is 3.20. The standard InChI is InChI=1S/C9H11BrS/c1-5-4-6(2)9(11)7(3)8(5)10/h4,11H,1-3H3. The Labute approximate surface area is 81.5 Å². The molecular formula is C9H11BrS. The first-order valence-electron chi connectivity index (χ1n) is 3.49. The van der Waals surface area contributed by atoms with Crippen molar-refractivity contribution < 1.29 is 0 Å². The van der Waals surface area contributed by atoms with E-state index in [-0.39, 0.29) is 0 Å². The van der Waals surface area contributed by atoms with E-state index in [4.69, 9.17) is 0 Å². The van der Waals surface area contributed by atoms with Crippen molar-refractivity contribution in [3.63, 3.8) is 0 Å². The summed E-state index contributed by atoms with van der Waals surface area (Å²) in [5.41, 5.74) is 3.75. The Hall–Kier alpha value is 0.0500. The van der Waals surface area contributed by atoms with Gasteiger partial charge in [-0.15, -0.1) is 12.6 Å². The van der Waals surface area contributed by atoms with Crippen LogP contribution in [-0.4, -0.2) is 0 Å². The number of hydrogen-bond donors (Lipinski definition) is 1. The van der Waals surface area contributed by atoms with Gasteiger partial charge in [-0.3, -0.25) is 0 Å². The third kappa shape index (κ3) is 1.62. The molecule has 60 valence electrons. The van der Waals surface area contributed by atoms with Gasteiger partial charge in [0.25, 0.3) is 0 Å². The molecule has 1 aromatic rings. The molecule has 0 atom stereocenters. The molecule has 0 saturated carbocycles. The average Bonchev–Trinajstić information content (AvgIpc) is 1.97. The van der Waals surface area contributed by atoms with Gasteiger partial charge in [-0.1, -0.05) is 22.0 Å². The molecule has 0 aliphatic heterocycles. The first-order valence-corrected chi connectivity index (χ1v) is 4.73. The highest BCUT2D eigenvalue weighted by Crippen LogP contribution is 2.28. The quantitative estimate of drug-likeness (QED) is 0.647. The van der Waals surface area contributed by atoms with Crippen LogP contribution in [0.3, 0.4) is 0 Å². The van der Waals surface area contributed by atoms with Crippen LogP contribution in [0.2, 0.25) is 0 Å². The zero-order valence-electron chi connectivity index (χ0n) is 6.90. The molecule has 0 aliphatic carbocycles. The molecule has 0 aliphatic rings. The maximum atomic E-state index is 4.40. The van der Waals surface area contributed by atoms with Crippen LogP contribution in [0.4, 0.5) is 0 Å². The number of benzene rings is 1. The molecule has 0 nitrogen and oxygen atoms in total. The molecule has 0 saturated heterocycles. The Morgan fingerprint density at radius 2 is 1.73 bits per heavy atom. The maximum Gasteiger partial charge on any atom is 0.0244 e. The summed E-state index contributed by atoms with van der Waals surface area (Å²) in [5.74, 6) is 0. The van der Waals surface area contributed by atoms with Gasteiger partial charge in [-0.05, 0) is 37.5 Å². The summed E-state index contributed by atoms with van der Waals surface area (Å²) in [4.78, 5) is 1.09. The van der Waals surface area contributed by atoms with Crippen LogP contribution in [0, 0.1) is 20.8 Å². The molecule has 0 spiro atoms. The van der Waals surface area contributed by atoms with E-state index in [0.29, 0.717) is 0 Å². The molecular weight excluding hydrogens is 220 g/mol. The molecule has 0 fully saturated rings. The van der Waals surface area contributed by atoms with Gasteiger partial charge in [0, 0.05) is 9.37 Å². The van der Waals surface area contributed by atoms with Gasteiger partial charge >= 0.3 is 0 Å². The third-order valence-electron chi connectivity index (χ3n) is 1.84. The molecule has 0 radical (unpaired) electrons. The lowest BCUT2D eigenvalue weighted by atomic mass is 10.1. The molecule has 0 N–H and O–H groups in total. The fraction of sp³-hybridized carbons (Fsp3) is 0.333. The zero-order valence-corrected chi connectivity index (χ0v) is 9.38. The molecule has 2 heteroatoms. The van der Waals surface area contributed by atoms with Gasteiger partial charge < -0.3 is 0 Å². The van der Waals surface area contributed by atoms with Gasteiger partial charge in [-0.25, -0.2) is 0 Å². The SMILES string of the molecule is Cc1cc(C)c(Br)c(C)c1S. The van der Waals surface area contributed by atoms with E-state index >= 15 is 0 Å². The lowest BCUT2D eigenvalue weighted by Gasteiger charge is -2.08. The summed E-state index contributed by atoms with van der Waals surface area (Å²) in [6.45, 7) is 6.25. The summed E-state index contributed by atoms with van der Waals surface area (Å²) < 4.78 is 1.17. The topological polar surface area (TPSA) is 0 Å². The second-order valence-corrected chi connectivity index (χ2v) is 4.04. The number of rotatable bonds is 0. The van der Waals surface area contributed by atoms with E-state index in [1.807, 2.05) is 0 Å². The van der Waals surface area contributed by atoms with Crippen molar-refractivity contribution in [2.75, 3.05) is 0 Å². The van der Waals surface area contributed by atoms with Crippen LogP contribution in [0.15, 0.2) is 15.4 Å². The van der Waals surface area contributed by atoms with Crippen LogP contribution < -0.4 is 0 Å². The first-order chi connectivity index (χ1) is 5.04. The summed E-state index contributed by atoms with van der Waals surface area (Å²) in [6.07, 6.45) is 0. The van der Waals surface area contributed by atoms with E-state index in [0.717, 1.165) is 4.90 Å². The van der Waals surface area contributed by atoms with Crippen molar-refractivity contribution in [3.8, 4) is 0 Å². The summed E-state index contributed by atoms with van der Waals surface area (Å²) in [6, 6.07) is 2.14. The highest BCUT2D eigenvalue weighted by molar-refractivity contribution is 9.10. The highest BCUT2D eigenvalue weighted by Gasteiger charge is 2.04. The monoisotopic (exact) mass is 230 g/mol.